The van der Waals surface area contributed by atoms with Gasteiger partial charge < -0.3 is 9.47 Å². The molecule has 0 bridgehead atoms. The average Bonchev–Trinajstić information content (AvgIpc) is 3.40. The number of hydrogen-bond acceptors (Lipinski definition) is 3. The molecule has 0 N–H and O–H groups in total. The van der Waals surface area contributed by atoms with E-state index in [1.54, 1.807) is 30.5 Å². The van der Waals surface area contributed by atoms with Gasteiger partial charge in [-0.25, -0.2) is 12.4 Å². The van der Waals surface area contributed by atoms with Crippen LogP contribution in [-0.4, -0.2) is 24.0 Å². The maximum Gasteiger partial charge on any atom is 0.268 e. The Balaban J connectivity index is 1.85. The molecule has 0 aliphatic carbocycles. The van der Waals surface area contributed by atoms with Gasteiger partial charge in [-0.3, -0.25) is 0 Å². The van der Waals surface area contributed by atoms with Crippen LogP contribution in [0.1, 0.15) is 11.3 Å². The molecule has 2 aromatic heterocycles. The number of hydrogen-bond donors (Lipinski definition) is 0. The van der Waals surface area contributed by atoms with E-state index < -0.39 is 10.0 Å². The van der Waals surface area contributed by atoms with E-state index in [1.165, 1.54) is 3.97 Å². The van der Waals surface area contributed by atoms with Crippen molar-refractivity contribution in [3.63, 3.8) is 0 Å². The first-order valence-corrected chi connectivity index (χ1v) is 11.9. The van der Waals surface area contributed by atoms with Crippen molar-refractivity contribution in [1.82, 2.24) is 8.54 Å². The average molecular weight is 446 g/mol. The molecule has 0 aliphatic heterocycles. The smallest absolute Gasteiger partial charge is 0.268 e. The number of benzene rings is 2. The Labute approximate surface area is 189 Å². The lowest BCUT2D eigenvalue weighted by Crippen LogP contribution is -2.16. The van der Waals surface area contributed by atoms with E-state index in [1.807, 2.05) is 62.5 Å². The summed E-state index contributed by atoms with van der Waals surface area (Å²) in [5, 5.41) is 0. The minimum absolute atomic E-state index is 0.257. The molecule has 0 saturated heterocycles. The monoisotopic (exact) mass is 445 g/mol. The normalized spacial score (nSPS) is 11.4. The van der Waals surface area contributed by atoms with Crippen LogP contribution in [0.4, 0.5) is 5.69 Å². The number of nitrogens with zero attached hydrogens (tertiary/aromatic N) is 3. The summed E-state index contributed by atoms with van der Waals surface area (Å²) < 4.78 is 30.7. The molecule has 2 heterocycles. The third kappa shape index (κ3) is 4.14. The predicted octanol–water partition coefficient (Wildman–Crippen LogP) is 5.32. The van der Waals surface area contributed by atoms with Crippen molar-refractivity contribution in [2.24, 2.45) is 0 Å². The molecule has 0 amide bonds. The quantitative estimate of drug-likeness (QED) is 0.345. The van der Waals surface area contributed by atoms with Gasteiger partial charge in [0.2, 0.25) is 0 Å². The minimum Gasteiger partial charge on any atom is -0.369 e. The highest BCUT2D eigenvalue weighted by Gasteiger charge is 2.24. The fourth-order valence-corrected chi connectivity index (χ4v) is 5.22. The summed E-state index contributed by atoms with van der Waals surface area (Å²) in [5.41, 5.74) is 4.48. The summed E-state index contributed by atoms with van der Waals surface area (Å²) in [5.74, 6) is 0. The zero-order chi connectivity index (χ0) is 22.7. The fraction of sp³-hybridized carbons (Fsp3) is 0.154. The molecule has 5 nitrogen and oxygen atoms in total. The SMILES string of the molecule is C=CCn1c(C)ccc1-c1cc(N(C)Cc2ccccc2)cn1S(=O)(=O)c1ccccc1. The Kier molecular flexibility index (Phi) is 6.06. The second-order valence-electron chi connectivity index (χ2n) is 7.80. The van der Waals surface area contributed by atoms with Gasteiger partial charge in [0.15, 0.2) is 0 Å². The van der Waals surface area contributed by atoms with E-state index in [9.17, 15) is 8.42 Å². The van der Waals surface area contributed by atoms with Crippen LogP contribution in [0, 0.1) is 6.92 Å². The number of rotatable bonds is 8. The molecule has 4 aromatic rings. The number of aryl methyl sites for hydroxylation is 1. The van der Waals surface area contributed by atoms with Gasteiger partial charge in [0.25, 0.3) is 10.0 Å². The second-order valence-corrected chi connectivity index (χ2v) is 9.61. The first-order valence-electron chi connectivity index (χ1n) is 10.5. The molecule has 32 heavy (non-hydrogen) atoms. The van der Waals surface area contributed by atoms with E-state index in [4.69, 9.17) is 0 Å². The van der Waals surface area contributed by atoms with E-state index in [2.05, 4.69) is 28.2 Å². The van der Waals surface area contributed by atoms with Crippen LogP contribution in [-0.2, 0) is 23.1 Å². The maximum atomic E-state index is 13.6. The van der Waals surface area contributed by atoms with Gasteiger partial charge in [-0.05, 0) is 42.8 Å². The highest BCUT2D eigenvalue weighted by atomic mass is 32.2. The van der Waals surface area contributed by atoms with Crippen LogP contribution in [0.25, 0.3) is 11.4 Å². The summed E-state index contributed by atoms with van der Waals surface area (Å²) in [7, 11) is -1.80. The lowest BCUT2D eigenvalue weighted by atomic mass is 10.2. The molecule has 0 unspecified atom stereocenters. The van der Waals surface area contributed by atoms with E-state index in [0.717, 1.165) is 22.6 Å². The molecule has 4 rings (SSSR count). The van der Waals surface area contributed by atoms with Crippen LogP contribution in [0.3, 0.4) is 0 Å². The van der Waals surface area contributed by atoms with Gasteiger partial charge in [0.1, 0.15) is 0 Å². The van der Waals surface area contributed by atoms with Gasteiger partial charge in [0.05, 0.1) is 22.0 Å². The largest absolute Gasteiger partial charge is 0.369 e. The van der Waals surface area contributed by atoms with Crippen LogP contribution in [0.15, 0.2) is 103 Å². The lowest BCUT2D eigenvalue weighted by Gasteiger charge is -2.17. The summed E-state index contributed by atoms with van der Waals surface area (Å²) in [6.45, 7) is 7.13. The van der Waals surface area contributed by atoms with Crippen LogP contribution >= 0.6 is 0 Å². The molecule has 0 aliphatic rings. The van der Waals surface area contributed by atoms with Crippen LogP contribution in [0.5, 0.6) is 0 Å². The first-order chi connectivity index (χ1) is 15.4. The Morgan fingerprint density at radius 3 is 2.25 bits per heavy atom. The molecular weight excluding hydrogens is 418 g/mol. The summed E-state index contributed by atoms with van der Waals surface area (Å²) >= 11 is 0. The Morgan fingerprint density at radius 1 is 0.938 bits per heavy atom. The van der Waals surface area contributed by atoms with E-state index >= 15 is 0 Å². The Hall–Kier alpha value is -3.51. The van der Waals surface area contributed by atoms with Crippen molar-refractivity contribution >= 4 is 15.7 Å². The third-order valence-corrected chi connectivity index (χ3v) is 7.24. The Bertz CT molecular complexity index is 1320. The summed E-state index contributed by atoms with van der Waals surface area (Å²) in [4.78, 5) is 2.32. The molecule has 0 spiro atoms. The molecule has 2 aromatic carbocycles. The van der Waals surface area contributed by atoms with Gasteiger partial charge in [0, 0.05) is 32.0 Å². The molecule has 6 heteroatoms. The second kappa shape index (κ2) is 8.93. The Morgan fingerprint density at radius 2 is 1.59 bits per heavy atom. The summed E-state index contributed by atoms with van der Waals surface area (Å²) in [6.07, 6.45) is 3.53. The lowest BCUT2D eigenvalue weighted by molar-refractivity contribution is 0.588. The van der Waals surface area contributed by atoms with Crippen molar-refractivity contribution in [1.29, 1.82) is 0 Å². The van der Waals surface area contributed by atoms with Crippen molar-refractivity contribution < 1.29 is 8.42 Å². The highest BCUT2D eigenvalue weighted by Crippen LogP contribution is 2.32. The van der Waals surface area contributed by atoms with Crippen molar-refractivity contribution in [3.05, 3.63) is 109 Å². The number of anilines is 1. The van der Waals surface area contributed by atoms with Crippen molar-refractivity contribution in [3.8, 4) is 11.4 Å². The number of aromatic nitrogens is 2. The van der Waals surface area contributed by atoms with Crippen molar-refractivity contribution in [2.45, 2.75) is 24.9 Å². The maximum absolute atomic E-state index is 13.6. The topological polar surface area (TPSA) is 47.2 Å². The zero-order valence-corrected chi connectivity index (χ0v) is 19.2. The summed E-state index contributed by atoms with van der Waals surface area (Å²) in [6, 6.07) is 24.6. The molecule has 0 radical (unpaired) electrons. The third-order valence-electron chi connectivity index (χ3n) is 5.55. The first kappa shape index (κ1) is 21.7. The standard InChI is InChI=1S/C26H27N3O2S/c1-4-17-28-21(2)15-16-25(28)26-18-23(27(3)19-22-11-7-5-8-12-22)20-29(26)32(30,31)24-13-9-6-10-14-24/h4-16,18,20H,1,17,19H2,2-3H3. The van der Waals surface area contributed by atoms with Crippen LogP contribution in [0.2, 0.25) is 0 Å². The van der Waals surface area contributed by atoms with Gasteiger partial charge in [-0.15, -0.1) is 6.58 Å². The molecule has 0 atom stereocenters. The van der Waals surface area contributed by atoms with E-state index in [0.29, 0.717) is 18.8 Å². The van der Waals surface area contributed by atoms with E-state index in [-0.39, 0.29) is 4.90 Å². The van der Waals surface area contributed by atoms with Gasteiger partial charge in [-0.1, -0.05) is 54.6 Å². The highest BCUT2D eigenvalue weighted by molar-refractivity contribution is 7.90. The molecule has 0 saturated carbocycles. The van der Waals surface area contributed by atoms with Gasteiger partial charge >= 0.3 is 0 Å². The fourth-order valence-electron chi connectivity index (χ4n) is 3.84. The van der Waals surface area contributed by atoms with Crippen LogP contribution < -0.4 is 4.90 Å². The van der Waals surface area contributed by atoms with Gasteiger partial charge in [-0.2, -0.15) is 0 Å². The zero-order valence-electron chi connectivity index (χ0n) is 18.3. The van der Waals surface area contributed by atoms with Crippen molar-refractivity contribution in [2.75, 3.05) is 11.9 Å². The predicted molar refractivity (Wildman–Crippen MR) is 130 cm³/mol. The molecule has 0 fully saturated rings. The molecule has 164 valence electrons. The number of allylic oxidation sites excluding steroid dienone is 1. The molecular formula is C26H27N3O2S. The minimum atomic E-state index is -3.77.